The summed E-state index contributed by atoms with van der Waals surface area (Å²) in [7, 11) is 0. The van der Waals surface area contributed by atoms with Crippen molar-refractivity contribution in [3.63, 3.8) is 0 Å². The molecule has 0 amide bonds. The van der Waals surface area contributed by atoms with Crippen LogP contribution in [0.4, 0.5) is 0 Å². The van der Waals surface area contributed by atoms with Crippen molar-refractivity contribution in [1.82, 2.24) is 9.88 Å². The Bertz CT molecular complexity index is 824. The van der Waals surface area contributed by atoms with Crippen LogP contribution in [0, 0.1) is 0 Å². The number of thioether (sulfide) groups is 1. The highest BCUT2D eigenvalue weighted by Crippen LogP contribution is 2.30. The Kier molecular flexibility index (Phi) is 7.77. The number of halogens is 1. The van der Waals surface area contributed by atoms with E-state index in [4.69, 9.17) is 16.6 Å². The third-order valence-corrected chi connectivity index (χ3v) is 6.71. The summed E-state index contributed by atoms with van der Waals surface area (Å²) in [4.78, 5) is 7.26. The number of rotatable bonds is 9. The van der Waals surface area contributed by atoms with E-state index in [1.807, 2.05) is 36.0 Å². The molecule has 0 fully saturated rings. The molecule has 0 saturated heterocycles. The van der Waals surface area contributed by atoms with Crippen molar-refractivity contribution in [3.05, 3.63) is 64.5 Å². The number of hydrogen-bond donors (Lipinski definition) is 0. The highest BCUT2D eigenvalue weighted by molar-refractivity contribution is 7.98. The average molecular weight is 417 g/mol. The first kappa shape index (κ1) is 20.4. The molecule has 0 aliphatic carbocycles. The quantitative estimate of drug-likeness (QED) is 0.361. The van der Waals surface area contributed by atoms with E-state index in [1.165, 1.54) is 23.4 Å². The van der Waals surface area contributed by atoms with E-state index >= 15 is 0 Å². The minimum atomic E-state index is 0.751. The molecule has 0 atom stereocenters. The molecule has 3 aromatic rings. The van der Waals surface area contributed by atoms with Gasteiger partial charge in [0.05, 0.1) is 5.69 Å². The van der Waals surface area contributed by atoms with Gasteiger partial charge < -0.3 is 4.90 Å². The summed E-state index contributed by atoms with van der Waals surface area (Å²) in [6.07, 6.45) is 0. The molecule has 0 N–H and O–H groups in total. The van der Waals surface area contributed by atoms with Crippen LogP contribution in [-0.4, -0.2) is 35.3 Å². The minimum Gasteiger partial charge on any atom is -0.303 e. The van der Waals surface area contributed by atoms with E-state index < -0.39 is 0 Å². The first-order valence-electron chi connectivity index (χ1n) is 9.30. The summed E-state index contributed by atoms with van der Waals surface area (Å²) in [5, 5.41) is 3.90. The largest absolute Gasteiger partial charge is 0.303 e. The first-order valence-corrected chi connectivity index (χ1v) is 11.7. The van der Waals surface area contributed by atoms with Gasteiger partial charge in [0.15, 0.2) is 0 Å². The van der Waals surface area contributed by atoms with Gasteiger partial charge in [-0.1, -0.05) is 61.8 Å². The molecule has 27 heavy (non-hydrogen) atoms. The molecule has 0 saturated carbocycles. The number of benzene rings is 2. The summed E-state index contributed by atoms with van der Waals surface area (Å²) in [5.41, 5.74) is 4.68. The highest BCUT2D eigenvalue weighted by atomic mass is 35.5. The zero-order valence-corrected chi connectivity index (χ0v) is 18.2. The predicted octanol–water partition coefficient (Wildman–Crippen LogP) is 6.71. The molecule has 0 aliphatic heterocycles. The van der Waals surface area contributed by atoms with Gasteiger partial charge in [-0.05, 0) is 30.8 Å². The van der Waals surface area contributed by atoms with E-state index in [-0.39, 0.29) is 0 Å². The first-order chi connectivity index (χ1) is 13.2. The molecule has 2 aromatic carbocycles. The normalized spacial score (nSPS) is 11.3. The van der Waals surface area contributed by atoms with E-state index in [0.29, 0.717) is 0 Å². The van der Waals surface area contributed by atoms with Crippen molar-refractivity contribution in [1.29, 1.82) is 0 Å². The maximum atomic E-state index is 5.97. The summed E-state index contributed by atoms with van der Waals surface area (Å²) in [6, 6.07) is 16.7. The standard InChI is InChI=1S/C22H25ClN2S2/c1-3-25(4-2)13-14-26-15-17-5-7-18(8-6-17)21-16-27-22(24-21)19-9-11-20(23)12-10-19/h5-12,16H,3-4,13-15H2,1-2H3. The van der Waals surface area contributed by atoms with Crippen LogP contribution in [0.2, 0.25) is 5.02 Å². The van der Waals surface area contributed by atoms with Crippen LogP contribution < -0.4 is 0 Å². The Morgan fingerprint density at radius 2 is 1.63 bits per heavy atom. The van der Waals surface area contributed by atoms with Crippen LogP contribution in [0.25, 0.3) is 21.8 Å². The third kappa shape index (κ3) is 5.82. The summed E-state index contributed by atoms with van der Waals surface area (Å²) in [5.74, 6) is 2.24. The lowest BCUT2D eigenvalue weighted by molar-refractivity contribution is 0.324. The van der Waals surface area contributed by atoms with Crippen molar-refractivity contribution in [2.45, 2.75) is 19.6 Å². The Morgan fingerprint density at radius 3 is 2.30 bits per heavy atom. The van der Waals surface area contributed by atoms with Crippen LogP contribution in [0.1, 0.15) is 19.4 Å². The van der Waals surface area contributed by atoms with Gasteiger partial charge >= 0.3 is 0 Å². The average Bonchev–Trinajstić information content (AvgIpc) is 3.19. The number of nitrogens with zero attached hydrogens (tertiary/aromatic N) is 2. The topological polar surface area (TPSA) is 16.1 Å². The number of thiazole rings is 1. The molecule has 0 aliphatic rings. The maximum Gasteiger partial charge on any atom is 0.124 e. The molecule has 0 bridgehead atoms. The molecule has 2 nitrogen and oxygen atoms in total. The zero-order valence-electron chi connectivity index (χ0n) is 15.8. The van der Waals surface area contributed by atoms with Crippen molar-refractivity contribution >= 4 is 34.7 Å². The lowest BCUT2D eigenvalue weighted by atomic mass is 10.1. The van der Waals surface area contributed by atoms with Crippen LogP contribution in [0.5, 0.6) is 0 Å². The molecule has 1 aromatic heterocycles. The van der Waals surface area contributed by atoms with Gasteiger partial charge in [0.1, 0.15) is 5.01 Å². The maximum absolute atomic E-state index is 5.97. The summed E-state index contributed by atoms with van der Waals surface area (Å²) < 4.78 is 0. The van der Waals surface area contributed by atoms with Crippen LogP contribution >= 0.6 is 34.7 Å². The molecular formula is C22H25ClN2S2. The van der Waals surface area contributed by atoms with Gasteiger partial charge in [-0.25, -0.2) is 4.98 Å². The fraction of sp³-hybridized carbons (Fsp3) is 0.318. The van der Waals surface area contributed by atoms with Crippen molar-refractivity contribution in [2.75, 3.05) is 25.4 Å². The highest BCUT2D eigenvalue weighted by Gasteiger charge is 2.07. The summed E-state index contributed by atoms with van der Waals surface area (Å²) in [6.45, 7) is 7.89. The summed E-state index contributed by atoms with van der Waals surface area (Å²) >= 11 is 9.64. The molecule has 142 valence electrons. The Balaban J connectivity index is 1.57. The molecule has 3 rings (SSSR count). The molecule has 1 heterocycles. The van der Waals surface area contributed by atoms with Gasteiger partial charge in [-0.15, -0.1) is 11.3 Å². The van der Waals surface area contributed by atoms with E-state index in [0.717, 1.165) is 40.1 Å². The molecular weight excluding hydrogens is 392 g/mol. The van der Waals surface area contributed by atoms with Crippen molar-refractivity contribution in [2.24, 2.45) is 0 Å². The Hall–Kier alpha value is -1.33. The monoisotopic (exact) mass is 416 g/mol. The molecule has 5 heteroatoms. The van der Waals surface area contributed by atoms with E-state index in [1.54, 1.807) is 11.3 Å². The van der Waals surface area contributed by atoms with Gasteiger partial charge in [-0.2, -0.15) is 11.8 Å². The third-order valence-electron chi connectivity index (χ3n) is 4.56. The SMILES string of the molecule is CCN(CC)CCSCc1ccc(-c2csc(-c3ccc(Cl)cc3)n2)cc1. The van der Waals surface area contributed by atoms with Crippen molar-refractivity contribution < 1.29 is 0 Å². The number of hydrogen-bond acceptors (Lipinski definition) is 4. The van der Waals surface area contributed by atoms with E-state index in [9.17, 15) is 0 Å². The van der Waals surface area contributed by atoms with Crippen LogP contribution in [-0.2, 0) is 5.75 Å². The minimum absolute atomic E-state index is 0.751. The Morgan fingerprint density at radius 1 is 0.963 bits per heavy atom. The Labute approximate surface area is 175 Å². The second-order valence-electron chi connectivity index (χ2n) is 6.32. The molecule has 0 unspecified atom stereocenters. The molecule has 0 radical (unpaired) electrons. The smallest absolute Gasteiger partial charge is 0.124 e. The number of aromatic nitrogens is 1. The second-order valence-corrected chi connectivity index (χ2v) is 8.72. The van der Waals surface area contributed by atoms with E-state index in [2.05, 4.69) is 48.4 Å². The van der Waals surface area contributed by atoms with Crippen LogP contribution in [0.3, 0.4) is 0 Å². The van der Waals surface area contributed by atoms with Gasteiger partial charge in [0.2, 0.25) is 0 Å². The second kappa shape index (κ2) is 10.3. The lowest BCUT2D eigenvalue weighted by Gasteiger charge is -2.17. The fourth-order valence-corrected chi connectivity index (χ4v) is 4.75. The van der Waals surface area contributed by atoms with Crippen molar-refractivity contribution in [3.8, 4) is 21.8 Å². The molecule has 0 spiro atoms. The van der Waals surface area contributed by atoms with Gasteiger partial charge in [0, 0.05) is 39.6 Å². The lowest BCUT2D eigenvalue weighted by Crippen LogP contribution is -2.25. The van der Waals surface area contributed by atoms with Gasteiger partial charge in [-0.3, -0.25) is 0 Å². The predicted molar refractivity (Wildman–Crippen MR) is 122 cm³/mol. The van der Waals surface area contributed by atoms with Gasteiger partial charge in [0.25, 0.3) is 0 Å². The van der Waals surface area contributed by atoms with Crippen LogP contribution in [0.15, 0.2) is 53.9 Å². The zero-order chi connectivity index (χ0) is 19.1. The fourth-order valence-electron chi connectivity index (χ4n) is 2.83.